The van der Waals surface area contributed by atoms with Gasteiger partial charge in [-0.1, -0.05) is 29.4 Å². The molecule has 0 radical (unpaired) electrons. The molecule has 1 N–H and O–H groups in total. The Balaban J connectivity index is 1.10. The second kappa shape index (κ2) is 13.1. The minimum Gasteiger partial charge on any atom is -0.484 e. The van der Waals surface area contributed by atoms with Crippen LogP contribution in [0.4, 0.5) is 0 Å². The van der Waals surface area contributed by atoms with Crippen LogP contribution < -0.4 is 10.1 Å². The summed E-state index contributed by atoms with van der Waals surface area (Å²) in [7, 11) is 0. The molecule has 3 aromatic rings. The summed E-state index contributed by atoms with van der Waals surface area (Å²) in [6, 6.07) is 14.4. The molecule has 1 aliphatic carbocycles. The molecule has 3 aliphatic rings. The van der Waals surface area contributed by atoms with E-state index in [0.717, 1.165) is 5.56 Å². The van der Waals surface area contributed by atoms with Gasteiger partial charge in [-0.25, -0.2) is 9.42 Å². The van der Waals surface area contributed by atoms with E-state index in [4.69, 9.17) is 14.2 Å². The number of cyclic esters (lactones) is 1. The summed E-state index contributed by atoms with van der Waals surface area (Å²) < 4.78 is 21.8. The van der Waals surface area contributed by atoms with Crippen molar-refractivity contribution in [2.75, 3.05) is 19.7 Å². The third-order valence-corrected chi connectivity index (χ3v) is 8.52. The molecule has 3 fully saturated rings. The van der Waals surface area contributed by atoms with Gasteiger partial charge in [-0.05, 0) is 86.0 Å². The molecule has 45 heavy (non-hydrogen) atoms. The van der Waals surface area contributed by atoms with E-state index in [9.17, 15) is 19.2 Å². The Labute approximate surface area is 260 Å². The molecule has 0 unspecified atom stereocenters. The van der Waals surface area contributed by atoms with Crippen molar-refractivity contribution < 1.29 is 38.0 Å². The van der Waals surface area contributed by atoms with Gasteiger partial charge >= 0.3 is 11.9 Å². The van der Waals surface area contributed by atoms with Gasteiger partial charge in [0, 0.05) is 6.54 Å². The summed E-state index contributed by atoms with van der Waals surface area (Å²) in [6.45, 7) is 4.44. The molecular formula is C33H36N4O8. The normalized spacial score (nSPS) is 21.0. The smallest absolute Gasteiger partial charge is 0.338 e. The van der Waals surface area contributed by atoms with E-state index in [-0.39, 0.29) is 37.1 Å². The average Bonchev–Trinajstić information content (AvgIpc) is 3.66. The van der Waals surface area contributed by atoms with Gasteiger partial charge in [0.05, 0.1) is 30.5 Å². The number of hydrogen-bond donors (Lipinski definition) is 1. The molecule has 2 aromatic carbocycles. The Bertz CT molecular complexity index is 1550. The van der Waals surface area contributed by atoms with Crippen LogP contribution in [0.15, 0.2) is 53.2 Å². The van der Waals surface area contributed by atoms with Crippen LogP contribution in [0.2, 0.25) is 0 Å². The average molecular weight is 617 g/mol. The lowest BCUT2D eigenvalue weighted by Crippen LogP contribution is -2.46. The zero-order valence-corrected chi connectivity index (χ0v) is 25.3. The molecule has 2 amide bonds. The van der Waals surface area contributed by atoms with E-state index >= 15 is 0 Å². The summed E-state index contributed by atoms with van der Waals surface area (Å²) in [4.78, 5) is 51.8. The number of piperidine rings is 1. The number of nitrogens with zero attached hydrogens (tertiary/aromatic N) is 3. The number of nitrogens with one attached hydrogen (secondary N) is 1. The number of likely N-dealkylation sites (tertiary alicyclic amines) is 1. The molecule has 3 heterocycles. The number of carbonyl (C=O) groups excluding carboxylic acids is 4. The van der Waals surface area contributed by atoms with E-state index in [2.05, 4.69) is 32.4 Å². The molecule has 236 valence electrons. The van der Waals surface area contributed by atoms with Crippen molar-refractivity contribution >= 4 is 23.8 Å². The number of amides is 2. The minimum absolute atomic E-state index is 0.0880. The number of carbonyl (C=O) groups is 4. The first kappa shape index (κ1) is 30.3. The van der Waals surface area contributed by atoms with Gasteiger partial charge in [-0.3, -0.25) is 14.4 Å². The van der Waals surface area contributed by atoms with Gasteiger partial charge < -0.3 is 24.4 Å². The van der Waals surface area contributed by atoms with Crippen molar-refractivity contribution in [1.29, 1.82) is 0 Å². The topological polar surface area (TPSA) is 150 Å². The summed E-state index contributed by atoms with van der Waals surface area (Å²) >= 11 is 0. The predicted molar refractivity (Wildman–Crippen MR) is 158 cm³/mol. The fourth-order valence-electron chi connectivity index (χ4n) is 5.82. The first-order valence-corrected chi connectivity index (χ1v) is 15.4. The maximum Gasteiger partial charge on any atom is 0.338 e. The number of ether oxygens (including phenoxy) is 3. The third kappa shape index (κ3) is 7.16. The van der Waals surface area contributed by atoms with Gasteiger partial charge in [0.2, 0.25) is 5.91 Å². The molecular weight excluding hydrogens is 580 g/mol. The zero-order chi connectivity index (χ0) is 31.5. The van der Waals surface area contributed by atoms with Crippen molar-refractivity contribution in [2.24, 2.45) is 5.92 Å². The molecule has 0 bridgehead atoms. The molecule has 1 aromatic heterocycles. The number of esters is 2. The van der Waals surface area contributed by atoms with Gasteiger partial charge in [0.15, 0.2) is 5.69 Å². The lowest BCUT2D eigenvalue weighted by Gasteiger charge is -2.33. The van der Waals surface area contributed by atoms with Gasteiger partial charge in [0.25, 0.3) is 5.91 Å². The standard InChI is InChI=1S/C33H36N4O8/c1-19-29(36-45-35-19)31(39)34-20(2)30(23-9-7-22(8-10-23)21-5-6-21)43-26-13-11-24(12-14-26)33(41)44-27-4-3-15-37(17-27)32(40)25-16-28(38)42-18-25/h7-14,20-21,25,27,30H,3-6,15-18H2,1-2H3,(H,34,39)/t20-,25+,27-,30-/m0/s1. The highest BCUT2D eigenvalue weighted by molar-refractivity contribution is 5.93. The molecule has 0 spiro atoms. The van der Waals surface area contributed by atoms with Crippen LogP contribution in [-0.2, 0) is 19.1 Å². The fraction of sp³-hybridized carbons (Fsp3) is 0.455. The highest BCUT2D eigenvalue weighted by Gasteiger charge is 2.36. The first-order valence-electron chi connectivity index (χ1n) is 15.4. The Hall–Kier alpha value is -4.74. The monoisotopic (exact) mass is 616 g/mol. The van der Waals surface area contributed by atoms with Crippen molar-refractivity contribution in [3.63, 3.8) is 0 Å². The van der Waals surface area contributed by atoms with E-state index in [1.54, 1.807) is 36.1 Å². The van der Waals surface area contributed by atoms with E-state index in [1.165, 1.54) is 18.4 Å². The first-order chi connectivity index (χ1) is 21.7. The van der Waals surface area contributed by atoms with Crippen molar-refractivity contribution in [3.05, 3.63) is 76.6 Å². The Morgan fingerprint density at radius 2 is 1.78 bits per heavy atom. The zero-order valence-electron chi connectivity index (χ0n) is 25.3. The Morgan fingerprint density at radius 1 is 1.02 bits per heavy atom. The summed E-state index contributed by atoms with van der Waals surface area (Å²) in [6.07, 6.45) is 2.83. The van der Waals surface area contributed by atoms with Crippen molar-refractivity contribution in [2.45, 2.75) is 70.1 Å². The third-order valence-electron chi connectivity index (χ3n) is 8.52. The van der Waals surface area contributed by atoms with Crippen LogP contribution in [0, 0.1) is 12.8 Å². The summed E-state index contributed by atoms with van der Waals surface area (Å²) in [5.41, 5.74) is 3.02. The number of hydrogen-bond acceptors (Lipinski definition) is 10. The minimum atomic E-state index is -0.550. The molecule has 4 atom stereocenters. The van der Waals surface area contributed by atoms with Gasteiger partial charge in [-0.2, -0.15) is 0 Å². The highest BCUT2D eigenvalue weighted by atomic mass is 16.6. The molecule has 1 saturated carbocycles. The lowest BCUT2D eigenvalue weighted by atomic mass is 10.00. The van der Waals surface area contributed by atoms with Crippen molar-refractivity contribution in [3.8, 4) is 5.75 Å². The Morgan fingerprint density at radius 3 is 2.42 bits per heavy atom. The maximum atomic E-state index is 13.0. The molecule has 12 nitrogen and oxygen atoms in total. The van der Waals surface area contributed by atoms with E-state index in [0.29, 0.717) is 42.3 Å². The molecule has 2 saturated heterocycles. The van der Waals surface area contributed by atoms with Crippen LogP contribution in [-0.4, -0.2) is 70.8 Å². The second-order valence-corrected chi connectivity index (χ2v) is 12.0. The second-order valence-electron chi connectivity index (χ2n) is 12.0. The SMILES string of the molecule is Cc1nonc1C(=O)N[C@@H](C)[C@H](Oc1ccc(C(=O)O[C@H]2CCCN(C(=O)[C@H]3COC(=O)C3)C2)cc1)c1ccc(C2CC2)cc1. The van der Waals surface area contributed by atoms with Crippen LogP contribution >= 0.6 is 0 Å². The largest absolute Gasteiger partial charge is 0.484 e. The number of benzene rings is 2. The van der Waals surface area contributed by atoms with Gasteiger partial charge in [-0.15, -0.1) is 0 Å². The highest BCUT2D eigenvalue weighted by Crippen LogP contribution is 2.40. The molecule has 2 aliphatic heterocycles. The predicted octanol–water partition coefficient (Wildman–Crippen LogP) is 3.90. The summed E-state index contributed by atoms with van der Waals surface area (Å²) in [5.74, 6) is -0.782. The van der Waals surface area contributed by atoms with Crippen molar-refractivity contribution in [1.82, 2.24) is 20.5 Å². The molecule has 12 heteroatoms. The number of aryl methyl sites for hydroxylation is 1. The lowest BCUT2D eigenvalue weighted by molar-refractivity contribution is -0.139. The quantitative estimate of drug-likeness (QED) is 0.332. The van der Waals surface area contributed by atoms with E-state index < -0.39 is 36.0 Å². The van der Waals surface area contributed by atoms with Crippen LogP contribution in [0.5, 0.6) is 5.75 Å². The Kier molecular flexibility index (Phi) is 8.81. The van der Waals surface area contributed by atoms with Crippen LogP contribution in [0.3, 0.4) is 0 Å². The number of rotatable bonds is 10. The van der Waals surface area contributed by atoms with Gasteiger partial charge in [0.1, 0.15) is 30.3 Å². The molecule has 6 rings (SSSR count). The summed E-state index contributed by atoms with van der Waals surface area (Å²) in [5, 5.41) is 10.3. The number of aromatic nitrogens is 2. The fourth-order valence-corrected chi connectivity index (χ4v) is 5.82. The van der Waals surface area contributed by atoms with E-state index in [1.807, 2.05) is 19.1 Å². The van der Waals surface area contributed by atoms with Crippen LogP contribution in [0.25, 0.3) is 0 Å². The maximum absolute atomic E-state index is 13.0. The van der Waals surface area contributed by atoms with Crippen LogP contribution in [0.1, 0.15) is 88.7 Å².